The summed E-state index contributed by atoms with van der Waals surface area (Å²) in [6, 6.07) is 47.4. The fourth-order valence-electron chi connectivity index (χ4n) is 21.9. The molecule has 8 bridgehead atoms. The molecule has 0 spiro atoms. The predicted molar refractivity (Wildman–Crippen MR) is 578 cm³/mol. The van der Waals surface area contributed by atoms with Crippen LogP contribution < -0.4 is 14.2 Å². The number of phenolic OH excluding ortho intramolecular Hbond substituents is 4. The highest BCUT2D eigenvalue weighted by molar-refractivity contribution is 5.85. The van der Waals surface area contributed by atoms with Crippen molar-refractivity contribution >= 4 is 41.8 Å². The van der Waals surface area contributed by atoms with Crippen LogP contribution in [0, 0.1) is 87.3 Å². The van der Waals surface area contributed by atoms with Crippen LogP contribution in [0.3, 0.4) is 0 Å². The van der Waals surface area contributed by atoms with Crippen LogP contribution in [0.1, 0.15) is 375 Å². The Balaban J connectivity index is 0.000000190. The summed E-state index contributed by atoms with van der Waals surface area (Å²) in [5.74, 6) is 7.08. The molecule has 0 amide bonds. The third kappa shape index (κ3) is 34.5. The average molecular weight is 2080 g/mol. The van der Waals surface area contributed by atoms with Gasteiger partial charge in [0.15, 0.2) is 42.0 Å². The van der Waals surface area contributed by atoms with Crippen LogP contribution in [0.2, 0.25) is 0 Å². The van der Waals surface area contributed by atoms with Gasteiger partial charge in [0.05, 0.1) is 49.1 Å². The molecule has 830 valence electrons. The minimum Gasteiger partial charge on any atom is -0.508 e. The van der Waals surface area contributed by atoms with E-state index in [9.17, 15) is 43.9 Å². The number of hydrogen-bond donors (Lipinski definition) is 4. The SMILES string of the molecule is CCC(C)C(=O)OC1C2CC3C(=O)OC1C3O2.CCC(C)C(=O)OC1CCOC1=O.CCC(C)C(=O)OCC(=O)OC1C2CC3C1OC(=O)C3(C#N)C2.CCC(C)c1ccc(O)c(O)c1.CCC(C)c1ccc(O)cc1.CCC(C)c1ccc(O)cc1.CCC(C)c1ccc(OC(C)OCCC2CCCCC2)cc1.CCC(C)c1ccc(OC(OC)C(C)C)cc1.CCC(C)c1ccc(OC(OC)C23CC4CC(CC(C4)C2)C3)cc1. The van der Waals surface area contributed by atoms with E-state index >= 15 is 0 Å². The minimum atomic E-state index is -1.05. The van der Waals surface area contributed by atoms with Crippen molar-refractivity contribution in [2.45, 2.75) is 403 Å². The number of fused-ring (bicyclic) bond motifs is 2. The Morgan fingerprint density at radius 1 is 0.447 bits per heavy atom. The molecular formula is C124H179NO25. The van der Waals surface area contributed by atoms with Crippen molar-refractivity contribution in [3.63, 3.8) is 0 Å². The monoisotopic (exact) mass is 2080 g/mol. The van der Waals surface area contributed by atoms with Crippen molar-refractivity contribution in [2.24, 2.45) is 75.9 Å². The van der Waals surface area contributed by atoms with E-state index in [4.69, 9.17) is 76.9 Å². The first kappa shape index (κ1) is 123. The third-order valence-electron chi connectivity index (χ3n) is 33.1. The number of phenols is 4. The molecule has 12 fully saturated rings. The predicted octanol–water partition coefficient (Wildman–Crippen LogP) is 26.8. The molecule has 6 aromatic carbocycles. The van der Waals surface area contributed by atoms with Gasteiger partial charge in [-0.3, -0.25) is 24.0 Å². The number of carbonyl (C=O) groups excluding carboxylic acids is 7. The summed E-state index contributed by atoms with van der Waals surface area (Å²) in [7, 11) is 3.51. The van der Waals surface area contributed by atoms with Crippen LogP contribution in [0.5, 0.6) is 40.2 Å². The van der Waals surface area contributed by atoms with E-state index in [1.54, 1.807) is 51.3 Å². The van der Waals surface area contributed by atoms with Crippen molar-refractivity contribution in [2.75, 3.05) is 34.0 Å². The molecule has 0 aromatic heterocycles. The highest BCUT2D eigenvalue weighted by atomic mass is 16.7. The molecule has 0 radical (unpaired) electrons. The number of carbonyl (C=O) groups is 7. The normalized spacial score (nSPS) is 26.0. The Morgan fingerprint density at radius 2 is 0.893 bits per heavy atom. The largest absolute Gasteiger partial charge is 0.508 e. The number of cyclic esters (lactones) is 1. The van der Waals surface area contributed by atoms with Gasteiger partial charge in [0.1, 0.15) is 47.1 Å². The second-order valence-corrected chi connectivity index (χ2v) is 44.2. The van der Waals surface area contributed by atoms with E-state index in [2.05, 4.69) is 168 Å². The maximum Gasteiger partial charge on any atom is 0.347 e. The number of nitrogens with zero attached hydrogens (tertiary/aromatic N) is 1. The van der Waals surface area contributed by atoms with Crippen molar-refractivity contribution < 1.29 is 120 Å². The zero-order valence-electron chi connectivity index (χ0n) is 94.0. The number of nitriles is 1. The molecule has 4 N–H and O–H groups in total. The molecule has 23 atom stereocenters. The van der Waals surface area contributed by atoms with Crippen molar-refractivity contribution in [3.8, 4) is 46.3 Å². The van der Waals surface area contributed by atoms with E-state index in [0.717, 1.165) is 91.6 Å². The zero-order chi connectivity index (χ0) is 110. The topological polar surface area (TPSA) is 353 Å². The molecule has 12 aliphatic rings. The Labute approximate surface area is 894 Å². The molecule has 5 aliphatic heterocycles. The summed E-state index contributed by atoms with van der Waals surface area (Å²) in [6.07, 6.45) is 24.2. The summed E-state index contributed by atoms with van der Waals surface area (Å²) in [6.45, 7) is 44.2. The highest BCUT2D eigenvalue weighted by Gasteiger charge is 2.72. The molecule has 23 unspecified atom stereocenters. The Morgan fingerprint density at radius 3 is 1.33 bits per heavy atom. The van der Waals surface area contributed by atoms with Gasteiger partial charge >= 0.3 is 41.8 Å². The van der Waals surface area contributed by atoms with Crippen LogP contribution in [0.25, 0.3) is 0 Å². The van der Waals surface area contributed by atoms with E-state index in [1.165, 1.54) is 124 Å². The molecule has 7 aliphatic carbocycles. The standard InChI is InChI=1S/C22H32O2.C20H32O2.C16H19NO6.C15H24O2.C12H16O5.C10H14O2.2C10H14O.C9H14O4/c1-4-15(2)19-5-7-20(8-6-19)24-21(23-3)22-12-16-9-17(13-22)11-18(10-16)14-22;1-4-16(2)19-10-12-20(13-11-19)22-17(3)21-15-14-18-8-6-5-7-9-18;1-3-8(2)14(19)21-6-11(18)22-12-9-4-10-13(12)23-15(20)16(10,5-9)7-17;1-6-12(4)13-7-9-14(10-8-13)17-15(16-5)11(2)3;1-3-5(2)11(13)16-9-7-4-6-8(15-7)10(9)17-12(6)14;1-3-7(2)8-4-5-9(11)10(12)6-8;2*1-3-8(2)9-4-6-10(11)7-5-9;1-3-6(2)8(10)13-7-4-5-12-9(7)11/h5-8,15-18,21H,4,9-14H2,1-3H3;10-13,16-18H,4-9,14-15H2,1-3H3;8-10,12-13H,3-6H2,1-2H3;7-12,15H,6H2,1-5H3;5-10H,3-4H2,1-2H3;4-7,11-12H,3H2,1-2H3;2*4-8,11H,3H2,1-2H3;6-7H,3-5H2,1-2H3. The summed E-state index contributed by atoms with van der Waals surface area (Å²) >= 11 is 0. The van der Waals surface area contributed by atoms with E-state index in [-0.39, 0.29) is 108 Å². The third-order valence-corrected chi connectivity index (χ3v) is 33.1. The fraction of sp³-hybridized carbons (Fsp3) is 0.645. The Hall–Kier alpha value is -10.5. The van der Waals surface area contributed by atoms with Gasteiger partial charge in [-0.15, -0.1) is 0 Å². The van der Waals surface area contributed by atoms with Crippen LogP contribution in [0.15, 0.2) is 140 Å². The molecule has 7 saturated carbocycles. The first-order valence-corrected chi connectivity index (χ1v) is 56.2. The smallest absolute Gasteiger partial charge is 0.347 e. The first-order chi connectivity index (χ1) is 71.7. The highest BCUT2D eigenvalue weighted by Crippen LogP contribution is 2.64. The summed E-state index contributed by atoms with van der Waals surface area (Å²) in [5.41, 5.74) is 7.00. The molecule has 150 heavy (non-hydrogen) atoms. The number of ether oxygens (including phenoxy) is 14. The average Bonchev–Trinajstić information content (AvgIpc) is 1.52. The van der Waals surface area contributed by atoms with Gasteiger partial charge in [-0.25, -0.2) is 9.59 Å². The lowest BCUT2D eigenvalue weighted by atomic mass is 9.49. The fourth-order valence-corrected chi connectivity index (χ4v) is 21.9. The van der Waals surface area contributed by atoms with Gasteiger partial charge < -0.3 is 86.7 Å². The molecule has 26 heteroatoms. The summed E-state index contributed by atoms with van der Waals surface area (Å²) < 4.78 is 76.5. The van der Waals surface area contributed by atoms with Gasteiger partial charge in [-0.2, -0.15) is 5.26 Å². The Bertz CT molecular complexity index is 5040. The lowest BCUT2D eigenvalue weighted by Gasteiger charge is -2.58. The second-order valence-electron chi connectivity index (χ2n) is 44.2. The molecular weight excluding hydrogens is 1900 g/mol. The lowest BCUT2D eigenvalue weighted by molar-refractivity contribution is -0.204. The van der Waals surface area contributed by atoms with Crippen LogP contribution in [-0.4, -0.2) is 158 Å². The van der Waals surface area contributed by atoms with Gasteiger partial charge in [-0.1, -0.05) is 237 Å². The zero-order valence-corrected chi connectivity index (χ0v) is 94.0. The second kappa shape index (κ2) is 60.3. The quantitative estimate of drug-likeness (QED) is 0.0122. The van der Waals surface area contributed by atoms with Crippen LogP contribution in [-0.2, 0) is 85.7 Å². The maximum atomic E-state index is 11.9. The van der Waals surface area contributed by atoms with Crippen LogP contribution in [0.4, 0.5) is 0 Å². The summed E-state index contributed by atoms with van der Waals surface area (Å²) in [5, 5.41) is 45.6. The number of benzene rings is 6. The number of rotatable bonds is 37. The van der Waals surface area contributed by atoms with Gasteiger partial charge in [0.2, 0.25) is 18.7 Å². The van der Waals surface area contributed by atoms with Gasteiger partial charge in [0.25, 0.3) is 0 Å². The van der Waals surface area contributed by atoms with E-state index in [0.29, 0.717) is 91.6 Å². The molecule has 5 saturated heterocycles. The number of aromatic hydroxyl groups is 4. The molecule has 6 aromatic rings. The number of esters is 7. The molecule has 5 heterocycles. The minimum absolute atomic E-state index is 0.0344. The first-order valence-electron chi connectivity index (χ1n) is 56.2. The van der Waals surface area contributed by atoms with Crippen molar-refractivity contribution in [1.82, 2.24) is 0 Å². The van der Waals surface area contributed by atoms with Gasteiger partial charge in [-0.05, 0) is 294 Å². The van der Waals surface area contributed by atoms with Crippen molar-refractivity contribution in [1.29, 1.82) is 5.26 Å². The Kier molecular flexibility index (Phi) is 49.4. The van der Waals surface area contributed by atoms with Crippen molar-refractivity contribution in [3.05, 3.63) is 173 Å². The number of hydrogen-bond acceptors (Lipinski definition) is 26. The van der Waals surface area contributed by atoms with E-state index < -0.39 is 60.3 Å². The van der Waals surface area contributed by atoms with Crippen LogP contribution >= 0.6 is 0 Å². The lowest BCUT2D eigenvalue weighted by Crippen LogP contribution is -2.53. The molecule has 18 rings (SSSR count). The van der Waals surface area contributed by atoms with Gasteiger partial charge in [0, 0.05) is 43.8 Å². The summed E-state index contributed by atoms with van der Waals surface area (Å²) in [4.78, 5) is 80.8. The van der Waals surface area contributed by atoms with E-state index in [1.807, 2.05) is 84.2 Å². The maximum absolute atomic E-state index is 11.9. The number of methoxy groups -OCH3 is 2. The molecule has 26 nitrogen and oxygen atoms in total.